The maximum atomic E-state index is 12.6. The molecule has 0 radical (unpaired) electrons. The molecule has 0 bridgehead atoms. The molecule has 2 heterocycles. The van der Waals surface area contributed by atoms with Crippen LogP contribution in [0, 0.1) is 5.92 Å². The second-order valence-electron chi connectivity index (χ2n) is 6.01. The lowest BCUT2D eigenvalue weighted by molar-refractivity contribution is -0.137. The molecule has 21 heavy (non-hydrogen) atoms. The van der Waals surface area contributed by atoms with Crippen LogP contribution in [0.1, 0.15) is 20.3 Å². The van der Waals surface area contributed by atoms with Crippen LogP contribution < -0.4 is 0 Å². The number of methoxy groups -OCH3 is 1. The van der Waals surface area contributed by atoms with Crippen LogP contribution in [0.25, 0.3) is 0 Å². The minimum atomic E-state index is -0.176. The first-order valence-corrected chi connectivity index (χ1v) is 7.86. The monoisotopic (exact) mass is 297 g/mol. The summed E-state index contributed by atoms with van der Waals surface area (Å²) in [5.41, 5.74) is 0. The Hall–Kier alpha value is -1.14. The number of hydrogen-bond acceptors (Lipinski definition) is 4. The maximum Gasteiger partial charge on any atom is 0.228 e. The van der Waals surface area contributed by atoms with Crippen molar-refractivity contribution in [3.8, 4) is 0 Å². The van der Waals surface area contributed by atoms with Crippen LogP contribution in [0.5, 0.6) is 0 Å². The van der Waals surface area contributed by atoms with Gasteiger partial charge in [-0.05, 0) is 13.5 Å². The van der Waals surface area contributed by atoms with E-state index in [1.165, 1.54) is 0 Å². The third-order valence-electron chi connectivity index (χ3n) is 4.58. The number of carbonyl (C=O) groups excluding carboxylic acids is 2. The SMILES string of the molecule is CCN1CCN(C(=O)[C@H]2CC(=O)N([C@@H](C)COC)C2)CC1. The molecular formula is C15H27N3O3. The van der Waals surface area contributed by atoms with Gasteiger partial charge in [0.05, 0.1) is 18.6 Å². The van der Waals surface area contributed by atoms with E-state index in [2.05, 4.69) is 11.8 Å². The van der Waals surface area contributed by atoms with E-state index in [1.807, 2.05) is 11.8 Å². The van der Waals surface area contributed by atoms with Crippen molar-refractivity contribution in [2.75, 3.05) is 53.0 Å². The summed E-state index contributed by atoms with van der Waals surface area (Å²) in [5, 5.41) is 0. The lowest BCUT2D eigenvalue weighted by Crippen LogP contribution is -2.50. The molecule has 0 unspecified atom stereocenters. The Bertz CT molecular complexity index is 380. The molecule has 2 atom stereocenters. The van der Waals surface area contributed by atoms with Crippen molar-refractivity contribution >= 4 is 11.8 Å². The summed E-state index contributed by atoms with van der Waals surface area (Å²) in [6, 6.07) is 0.0391. The summed E-state index contributed by atoms with van der Waals surface area (Å²) in [4.78, 5) is 30.7. The molecule has 6 nitrogen and oxygen atoms in total. The quantitative estimate of drug-likeness (QED) is 0.719. The highest BCUT2D eigenvalue weighted by atomic mass is 16.5. The van der Waals surface area contributed by atoms with Gasteiger partial charge in [0.25, 0.3) is 0 Å². The Labute approximate surface area is 127 Å². The van der Waals surface area contributed by atoms with Crippen LogP contribution >= 0.6 is 0 Å². The van der Waals surface area contributed by atoms with Crippen molar-refractivity contribution in [2.45, 2.75) is 26.3 Å². The number of likely N-dealkylation sites (tertiary alicyclic amines) is 1. The van der Waals surface area contributed by atoms with E-state index in [4.69, 9.17) is 4.74 Å². The highest BCUT2D eigenvalue weighted by Crippen LogP contribution is 2.23. The molecule has 0 aromatic heterocycles. The van der Waals surface area contributed by atoms with Crippen LogP contribution in [-0.4, -0.2) is 85.5 Å². The minimum Gasteiger partial charge on any atom is -0.383 e. The van der Waals surface area contributed by atoms with Crippen molar-refractivity contribution in [1.29, 1.82) is 0 Å². The van der Waals surface area contributed by atoms with Crippen LogP contribution in [-0.2, 0) is 14.3 Å². The Balaban J connectivity index is 1.88. The van der Waals surface area contributed by atoms with Gasteiger partial charge in [-0.25, -0.2) is 0 Å². The molecule has 2 fully saturated rings. The molecule has 0 aromatic carbocycles. The molecular weight excluding hydrogens is 270 g/mol. The van der Waals surface area contributed by atoms with Gasteiger partial charge in [-0.15, -0.1) is 0 Å². The molecule has 2 aliphatic rings. The third-order valence-corrected chi connectivity index (χ3v) is 4.58. The summed E-state index contributed by atoms with van der Waals surface area (Å²) < 4.78 is 5.11. The van der Waals surface area contributed by atoms with Crippen molar-refractivity contribution < 1.29 is 14.3 Å². The molecule has 0 aliphatic carbocycles. The van der Waals surface area contributed by atoms with E-state index < -0.39 is 0 Å². The van der Waals surface area contributed by atoms with Crippen LogP contribution in [0.15, 0.2) is 0 Å². The van der Waals surface area contributed by atoms with Gasteiger partial charge in [-0.1, -0.05) is 6.92 Å². The predicted octanol–water partition coefficient (Wildman–Crippen LogP) is 0.0339. The number of nitrogens with zero attached hydrogens (tertiary/aromatic N) is 3. The fourth-order valence-corrected chi connectivity index (χ4v) is 3.20. The van der Waals surface area contributed by atoms with E-state index in [0.29, 0.717) is 19.6 Å². The first-order valence-electron chi connectivity index (χ1n) is 7.86. The standard InChI is InChI=1S/C15H27N3O3/c1-4-16-5-7-17(8-6-16)15(20)13-9-14(19)18(10-13)12(2)11-21-3/h12-13H,4-11H2,1-3H3/t12-,13-/m0/s1. The molecule has 0 aromatic rings. The third kappa shape index (κ3) is 3.74. The summed E-state index contributed by atoms with van der Waals surface area (Å²) >= 11 is 0. The summed E-state index contributed by atoms with van der Waals surface area (Å²) in [6.45, 7) is 9.64. The largest absolute Gasteiger partial charge is 0.383 e. The molecule has 6 heteroatoms. The summed E-state index contributed by atoms with van der Waals surface area (Å²) in [6.07, 6.45) is 0.348. The molecule has 2 saturated heterocycles. The van der Waals surface area contributed by atoms with E-state index in [0.717, 1.165) is 32.7 Å². The van der Waals surface area contributed by atoms with E-state index in [-0.39, 0.29) is 23.8 Å². The van der Waals surface area contributed by atoms with E-state index in [1.54, 1.807) is 12.0 Å². The zero-order chi connectivity index (χ0) is 15.4. The zero-order valence-electron chi connectivity index (χ0n) is 13.4. The Kier molecular flexibility index (Phi) is 5.58. The van der Waals surface area contributed by atoms with Gasteiger partial charge < -0.3 is 19.4 Å². The average Bonchev–Trinajstić information content (AvgIpc) is 2.89. The predicted molar refractivity (Wildman–Crippen MR) is 79.9 cm³/mol. The van der Waals surface area contributed by atoms with Gasteiger partial charge >= 0.3 is 0 Å². The van der Waals surface area contributed by atoms with Crippen molar-refractivity contribution in [2.24, 2.45) is 5.92 Å². The second-order valence-corrected chi connectivity index (χ2v) is 6.01. The van der Waals surface area contributed by atoms with E-state index >= 15 is 0 Å². The van der Waals surface area contributed by atoms with Gasteiger partial charge in [0.1, 0.15) is 0 Å². The average molecular weight is 297 g/mol. The van der Waals surface area contributed by atoms with Crippen LogP contribution in [0.2, 0.25) is 0 Å². The zero-order valence-corrected chi connectivity index (χ0v) is 13.4. The number of likely N-dealkylation sites (N-methyl/N-ethyl adjacent to an activating group) is 1. The first kappa shape index (κ1) is 16.2. The maximum absolute atomic E-state index is 12.6. The first-order chi connectivity index (χ1) is 10.1. The molecule has 2 rings (SSSR count). The summed E-state index contributed by atoms with van der Waals surface area (Å²) in [7, 11) is 1.63. The molecule has 0 spiro atoms. The highest BCUT2D eigenvalue weighted by molar-refractivity contribution is 5.89. The fraction of sp³-hybridized carbons (Fsp3) is 0.867. The van der Waals surface area contributed by atoms with Gasteiger partial charge in [0.2, 0.25) is 11.8 Å². The number of carbonyl (C=O) groups is 2. The number of amides is 2. The number of ether oxygens (including phenoxy) is 1. The smallest absolute Gasteiger partial charge is 0.228 e. The number of hydrogen-bond donors (Lipinski definition) is 0. The van der Waals surface area contributed by atoms with Crippen molar-refractivity contribution in [1.82, 2.24) is 14.7 Å². The van der Waals surface area contributed by atoms with Crippen LogP contribution in [0.4, 0.5) is 0 Å². The minimum absolute atomic E-state index is 0.0391. The van der Waals surface area contributed by atoms with Gasteiger partial charge in [-0.3, -0.25) is 9.59 Å². The normalized spacial score (nSPS) is 25.5. The summed E-state index contributed by atoms with van der Waals surface area (Å²) in [5.74, 6) is 0.0429. The van der Waals surface area contributed by atoms with Crippen molar-refractivity contribution in [3.05, 3.63) is 0 Å². The molecule has 120 valence electrons. The van der Waals surface area contributed by atoms with E-state index in [9.17, 15) is 9.59 Å². The van der Waals surface area contributed by atoms with Gasteiger partial charge in [-0.2, -0.15) is 0 Å². The van der Waals surface area contributed by atoms with Crippen LogP contribution in [0.3, 0.4) is 0 Å². The molecule has 2 amide bonds. The Morgan fingerprint density at radius 1 is 1.33 bits per heavy atom. The lowest BCUT2D eigenvalue weighted by Gasteiger charge is -2.35. The van der Waals surface area contributed by atoms with Gasteiger partial charge in [0, 0.05) is 46.3 Å². The topological polar surface area (TPSA) is 53.1 Å². The van der Waals surface area contributed by atoms with Gasteiger partial charge in [0.15, 0.2) is 0 Å². The highest BCUT2D eigenvalue weighted by Gasteiger charge is 2.38. The van der Waals surface area contributed by atoms with Crippen molar-refractivity contribution in [3.63, 3.8) is 0 Å². The Morgan fingerprint density at radius 3 is 2.57 bits per heavy atom. The second kappa shape index (κ2) is 7.22. The number of rotatable bonds is 5. The Morgan fingerprint density at radius 2 is 2.00 bits per heavy atom. The lowest BCUT2D eigenvalue weighted by atomic mass is 10.1. The molecule has 0 N–H and O–H groups in total. The number of piperazine rings is 1. The molecule has 2 aliphatic heterocycles. The fourth-order valence-electron chi connectivity index (χ4n) is 3.20. The molecule has 0 saturated carbocycles.